The minimum absolute atomic E-state index is 0.111. The molecule has 2 unspecified atom stereocenters. The molecule has 0 heterocycles. The van der Waals surface area contributed by atoms with Gasteiger partial charge in [0, 0.05) is 6.42 Å². The zero-order valence-corrected chi connectivity index (χ0v) is 22.5. The zero-order valence-electron chi connectivity index (χ0n) is 22.5. The Balaban J connectivity index is 3.86. The van der Waals surface area contributed by atoms with Crippen molar-refractivity contribution in [1.29, 1.82) is 0 Å². The Morgan fingerprint density at radius 3 is 1.94 bits per heavy atom. The van der Waals surface area contributed by atoms with Crippen LogP contribution in [0.25, 0.3) is 0 Å². The number of rotatable bonds is 23. The molecular formula is C31H53NO3. The minimum Gasteiger partial charge on any atom is -0.394 e. The van der Waals surface area contributed by atoms with Crippen molar-refractivity contribution in [3.63, 3.8) is 0 Å². The SMILES string of the molecule is CC/C=C\C/C=C\C/C=C\CCCCCC(=O)NC(CO)C(O)/C=C/CC/C=C/CCCCCC. The van der Waals surface area contributed by atoms with Gasteiger partial charge in [-0.15, -0.1) is 0 Å². The number of unbranched alkanes of at least 4 members (excludes halogenated alkanes) is 8. The van der Waals surface area contributed by atoms with Gasteiger partial charge in [-0.2, -0.15) is 0 Å². The van der Waals surface area contributed by atoms with Gasteiger partial charge in [0.1, 0.15) is 0 Å². The maximum atomic E-state index is 12.2. The van der Waals surface area contributed by atoms with E-state index in [0.717, 1.165) is 64.2 Å². The van der Waals surface area contributed by atoms with Crippen LogP contribution in [-0.2, 0) is 4.79 Å². The molecule has 4 heteroatoms. The summed E-state index contributed by atoms with van der Waals surface area (Å²) in [6.07, 6.45) is 35.8. The predicted octanol–water partition coefficient (Wildman–Crippen LogP) is 7.50. The smallest absolute Gasteiger partial charge is 0.220 e. The van der Waals surface area contributed by atoms with E-state index < -0.39 is 12.1 Å². The molecule has 0 aromatic heterocycles. The van der Waals surface area contributed by atoms with E-state index in [2.05, 4.69) is 67.8 Å². The molecule has 0 fully saturated rings. The maximum absolute atomic E-state index is 12.2. The standard InChI is InChI=1S/C31H53NO3/c1-3-5-7-9-11-13-15-16-17-19-21-23-25-27-31(35)32-29(28-33)30(34)26-24-22-20-18-14-12-10-8-6-4-2/h5,7,11,13-14,16-18,24,26,29-30,33-34H,3-4,6,8-10,12,15,19-23,25,27-28H2,1-2H3,(H,32,35)/b7-5-,13-11-,17-16-,18-14+,26-24+. The van der Waals surface area contributed by atoms with Gasteiger partial charge in [-0.25, -0.2) is 0 Å². The number of allylic oxidation sites excluding steroid dienone is 9. The molecule has 0 aromatic carbocycles. The third-order valence-corrected chi connectivity index (χ3v) is 5.73. The number of carbonyl (C=O) groups excluding carboxylic acids is 1. The normalized spacial score (nSPS) is 14.3. The summed E-state index contributed by atoms with van der Waals surface area (Å²) in [6, 6.07) is -0.652. The number of nitrogens with one attached hydrogen (secondary N) is 1. The molecule has 200 valence electrons. The number of hydrogen-bond acceptors (Lipinski definition) is 3. The van der Waals surface area contributed by atoms with E-state index in [1.807, 2.05) is 6.08 Å². The Bertz CT molecular complexity index is 619. The number of carbonyl (C=O) groups is 1. The van der Waals surface area contributed by atoms with Gasteiger partial charge in [0.05, 0.1) is 18.8 Å². The number of aliphatic hydroxyl groups is 2. The highest BCUT2D eigenvalue weighted by atomic mass is 16.3. The lowest BCUT2D eigenvalue weighted by molar-refractivity contribution is -0.123. The Hall–Kier alpha value is -1.91. The van der Waals surface area contributed by atoms with Crippen LogP contribution >= 0.6 is 0 Å². The molecule has 0 aromatic rings. The van der Waals surface area contributed by atoms with Crippen LogP contribution in [0.4, 0.5) is 0 Å². The van der Waals surface area contributed by atoms with Gasteiger partial charge in [0.25, 0.3) is 0 Å². The van der Waals surface area contributed by atoms with Gasteiger partial charge >= 0.3 is 0 Å². The van der Waals surface area contributed by atoms with E-state index in [1.165, 1.54) is 25.7 Å². The van der Waals surface area contributed by atoms with E-state index in [9.17, 15) is 15.0 Å². The van der Waals surface area contributed by atoms with Gasteiger partial charge in [0.15, 0.2) is 0 Å². The highest BCUT2D eigenvalue weighted by Gasteiger charge is 2.17. The molecule has 0 aliphatic carbocycles. The summed E-state index contributed by atoms with van der Waals surface area (Å²) >= 11 is 0. The van der Waals surface area contributed by atoms with Gasteiger partial charge in [-0.3, -0.25) is 4.79 Å². The van der Waals surface area contributed by atoms with Crippen LogP contribution in [0.5, 0.6) is 0 Å². The molecule has 0 saturated heterocycles. The Labute approximate surface area is 216 Å². The van der Waals surface area contributed by atoms with Crippen LogP contribution in [-0.4, -0.2) is 34.9 Å². The number of amides is 1. The first-order valence-electron chi connectivity index (χ1n) is 14.0. The minimum atomic E-state index is -0.871. The fraction of sp³-hybridized carbons (Fsp3) is 0.645. The lowest BCUT2D eigenvalue weighted by Crippen LogP contribution is -2.45. The van der Waals surface area contributed by atoms with Gasteiger partial charge < -0.3 is 15.5 Å². The second kappa shape index (κ2) is 26.7. The van der Waals surface area contributed by atoms with E-state index >= 15 is 0 Å². The summed E-state index contributed by atoms with van der Waals surface area (Å²) in [4.78, 5) is 12.2. The number of hydrogen-bond donors (Lipinski definition) is 3. The summed E-state index contributed by atoms with van der Waals surface area (Å²) in [5, 5.41) is 22.6. The van der Waals surface area contributed by atoms with Crippen molar-refractivity contribution in [3.8, 4) is 0 Å². The van der Waals surface area contributed by atoms with E-state index in [1.54, 1.807) is 6.08 Å². The van der Waals surface area contributed by atoms with E-state index in [-0.39, 0.29) is 12.5 Å². The van der Waals surface area contributed by atoms with Crippen molar-refractivity contribution in [2.45, 2.75) is 122 Å². The first-order valence-corrected chi connectivity index (χ1v) is 14.0. The van der Waals surface area contributed by atoms with Gasteiger partial charge in [-0.05, 0) is 64.2 Å². The maximum Gasteiger partial charge on any atom is 0.220 e. The topological polar surface area (TPSA) is 69.6 Å². The third-order valence-electron chi connectivity index (χ3n) is 5.73. The first-order chi connectivity index (χ1) is 17.2. The van der Waals surface area contributed by atoms with Crippen LogP contribution in [0.1, 0.15) is 110 Å². The fourth-order valence-corrected chi connectivity index (χ4v) is 3.56. The second-order valence-corrected chi connectivity index (χ2v) is 9.07. The van der Waals surface area contributed by atoms with Crippen LogP contribution in [0.15, 0.2) is 60.8 Å². The van der Waals surface area contributed by atoms with Crippen LogP contribution in [0, 0.1) is 0 Å². The average molecular weight is 488 g/mol. The molecule has 0 radical (unpaired) electrons. The highest BCUT2D eigenvalue weighted by molar-refractivity contribution is 5.76. The summed E-state index contributed by atoms with van der Waals surface area (Å²) in [5.41, 5.74) is 0. The predicted molar refractivity (Wildman–Crippen MR) is 151 cm³/mol. The molecule has 0 aliphatic heterocycles. The second-order valence-electron chi connectivity index (χ2n) is 9.07. The Morgan fingerprint density at radius 2 is 1.29 bits per heavy atom. The molecule has 0 spiro atoms. The first kappa shape index (κ1) is 33.1. The molecule has 0 aliphatic rings. The monoisotopic (exact) mass is 487 g/mol. The Kier molecular flexibility index (Phi) is 25.2. The fourth-order valence-electron chi connectivity index (χ4n) is 3.56. The lowest BCUT2D eigenvalue weighted by Gasteiger charge is -2.19. The van der Waals surface area contributed by atoms with Crippen LogP contribution < -0.4 is 5.32 Å². The number of aliphatic hydroxyl groups excluding tert-OH is 2. The quantitative estimate of drug-likeness (QED) is 0.103. The third kappa shape index (κ3) is 23.6. The molecule has 3 N–H and O–H groups in total. The van der Waals surface area contributed by atoms with Crippen molar-refractivity contribution in [2.24, 2.45) is 0 Å². The molecular weight excluding hydrogens is 434 g/mol. The van der Waals surface area contributed by atoms with Gasteiger partial charge in [0.2, 0.25) is 5.91 Å². The molecule has 0 rings (SSSR count). The van der Waals surface area contributed by atoms with Crippen molar-refractivity contribution in [1.82, 2.24) is 5.32 Å². The highest BCUT2D eigenvalue weighted by Crippen LogP contribution is 2.07. The van der Waals surface area contributed by atoms with Gasteiger partial charge in [-0.1, -0.05) is 100 Å². The van der Waals surface area contributed by atoms with Crippen molar-refractivity contribution >= 4 is 5.91 Å². The van der Waals surface area contributed by atoms with E-state index in [4.69, 9.17) is 0 Å². The molecule has 35 heavy (non-hydrogen) atoms. The van der Waals surface area contributed by atoms with Crippen LogP contribution in [0.2, 0.25) is 0 Å². The van der Waals surface area contributed by atoms with Crippen molar-refractivity contribution in [3.05, 3.63) is 60.8 Å². The molecule has 1 amide bonds. The summed E-state index contributed by atoms with van der Waals surface area (Å²) in [5.74, 6) is -0.111. The Morgan fingerprint density at radius 1 is 0.714 bits per heavy atom. The summed E-state index contributed by atoms with van der Waals surface area (Å²) in [7, 11) is 0. The molecule has 0 bridgehead atoms. The van der Waals surface area contributed by atoms with Crippen molar-refractivity contribution in [2.75, 3.05) is 6.61 Å². The summed E-state index contributed by atoms with van der Waals surface area (Å²) < 4.78 is 0. The largest absolute Gasteiger partial charge is 0.394 e. The van der Waals surface area contributed by atoms with Crippen molar-refractivity contribution < 1.29 is 15.0 Å². The molecule has 0 saturated carbocycles. The zero-order chi connectivity index (χ0) is 25.8. The average Bonchev–Trinajstić information content (AvgIpc) is 2.86. The van der Waals surface area contributed by atoms with Crippen LogP contribution in [0.3, 0.4) is 0 Å². The van der Waals surface area contributed by atoms with E-state index in [0.29, 0.717) is 6.42 Å². The molecule has 2 atom stereocenters. The molecule has 4 nitrogen and oxygen atoms in total. The summed E-state index contributed by atoms with van der Waals surface area (Å²) in [6.45, 7) is 4.09. The lowest BCUT2D eigenvalue weighted by atomic mass is 10.1.